The van der Waals surface area contributed by atoms with Crippen LogP contribution in [0.15, 0.2) is 53.6 Å². The molecule has 2 aromatic carbocycles. The minimum absolute atomic E-state index is 0.0823. The molecule has 0 aliphatic heterocycles. The summed E-state index contributed by atoms with van der Waals surface area (Å²) >= 11 is 1.59. The molecule has 4 heteroatoms. The van der Waals surface area contributed by atoms with Crippen LogP contribution < -0.4 is 5.43 Å². The third-order valence-corrected chi connectivity index (χ3v) is 4.91. The second-order valence-corrected chi connectivity index (χ2v) is 8.07. The monoisotopic (exact) mass is 354 g/mol. The predicted molar refractivity (Wildman–Crippen MR) is 108 cm³/mol. The van der Waals surface area contributed by atoms with Gasteiger partial charge in [-0.05, 0) is 34.6 Å². The highest BCUT2D eigenvalue weighted by atomic mass is 32.2. The van der Waals surface area contributed by atoms with Gasteiger partial charge in [0.25, 0.3) is 0 Å². The molecule has 0 aliphatic carbocycles. The molecule has 0 bridgehead atoms. The van der Waals surface area contributed by atoms with Crippen LogP contribution in [0.5, 0.6) is 0 Å². The van der Waals surface area contributed by atoms with Crippen molar-refractivity contribution >= 4 is 23.9 Å². The summed E-state index contributed by atoms with van der Waals surface area (Å²) in [5.41, 5.74) is 7.50. The van der Waals surface area contributed by atoms with Gasteiger partial charge in [0.05, 0.1) is 12.0 Å². The number of hydrazone groups is 1. The molecule has 0 saturated carbocycles. The highest BCUT2D eigenvalue weighted by Gasteiger charge is 2.12. The van der Waals surface area contributed by atoms with Crippen molar-refractivity contribution in [2.75, 3.05) is 5.75 Å². The first kappa shape index (κ1) is 19.3. The standard InChI is InChI=1S/C21H26N2OS/c1-16-7-5-6-8-18(16)14-25-15-20(24)23-22-13-17-9-11-19(12-10-17)21(2,3)4/h5-13H,14-15H2,1-4H3,(H,23,24)/b22-13-. The van der Waals surface area contributed by atoms with Gasteiger partial charge in [0.2, 0.25) is 5.91 Å². The van der Waals surface area contributed by atoms with Gasteiger partial charge in [0.15, 0.2) is 0 Å². The lowest BCUT2D eigenvalue weighted by molar-refractivity contribution is -0.118. The SMILES string of the molecule is Cc1ccccc1CSCC(=O)N/N=C\c1ccc(C(C)(C)C)cc1. The maximum atomic E-state index is 11.8. The van der Waals surface area contributed by atoms with Gasteiger partial charge in [-0.15, -0.1) is 11.8 Å². The van der Waals surface area contributed by atoms with Crippen molar-refractivity contribution < 1.29 is 4.79 Å². The Morgan fingerprint density at radius 1 is 1.12 bits per heavy atom. The summed E-state index contributed by atoms with van der Waals surface area (Å²) in [7, 11) is 0. The molecule has 1 amide bonds. The fourth-order valence-electron chi connectivity index (χ4n) is 2.31. The fraction of sp³-hybridized carbons (Fsp3) is 0.333. The molecule has 1 N–H and O–H groups in total. The molecule has 0 saturated heterocycles. The molecule has 0 radical (unpaired) electrons. The summed E-state index contributed by atoms with van der Waals surface area (Å²) in [4.78, 5) is 11.8. The highest BCUT2D eigenvalue weighted by molar-refractivity contribution is 7.99. The maximum Gasteiger partial charge on any atom is 0.250 e. The molecule has 0 atom stereocenters. The van der Waals surface area contributed by atoms with Gasteiger partial charge in [-0.25, -0.2) is 5.43 Å². The van der Waals surface area contributed by atoms with E-state index in [0.29, 0.717) is 5.75 Å². The third-order valence-electron chi connectivity index (χ3n) is 3.93. The van der Waals surface area contributed by atoms with Crippen molar-refractivity contribution in [1.82, 2.24) is 5.43 Å². The number of amides is 1. The van der Waals surface area contributed by atoms with E-state index in [4.69, 9.17) is 0 Å². The van der Waals surface area contributed by atoms with Gasteiger partial charge in [-0.1, -0.05) is 69.3 Å². The van der Waals surface area contributed by atoms with Crippen molar-refractivity contribution in [1.29, 1.82) is 0 Å². The van der Waals surface area contributed by atoms with Gasteiger partial charge in [0.1, 0.15) is 0 Å². The van der Waals surface area contributed by atoms with E-state index in [9.17, 15) is 4.79 Å². The second kappa shape index (κ2) is 8.86. The summed E-state index contributed by atoms with van der Waals surface area (Å²) in [6, 6.07) is 16.5. The fourth-order valence-corrected chi connectivity index (χ4v) is 3.20. The summed E-state index contributed by atoms with van der Waals surface area (Å²) in [5, 5.41) is 4.04. The number of thioether (sulfide) groups is 1. The number of aryl methyl sites for hydroxylation is 1. The molecule has 2 aromatic rings. The van der Waals surface area contributed by atoms with Gasteiger partial charge >= 0.3 is 0 Å². The number of carbonyl (C=O) groups excluding carboxylic acids is 1. The van der Waals surface area contributed by atoms with Gasteiger partial charge < -0.3 is 0 Å². The van der Waals surface area contributed by atoms with Crippen molar-refractivity contribution in [3.8, 4) is 0 Å². The van der Waals surface area contributed by atoms with E-state index >= 15 is 0 Å². The van der Waals surface area contributed by atoms with Crippen LogP contribution in [0.2, 0.25) is 0 Å². The summed E-state index contributed by atoms with van der Waals surface area (Å²) in [5.74, 6) is 1.15. The lowest BCUT2D eigenvalue weighted by Gasteiger charge is -2.18. The van der Waals surface area contributed by atoms with Crippen LogP contribution in [0, 0.1) is 6.92 Å². The molecule has 0 heterocycles. The summed E-state index contributed by atoms with van der Waals surface area (Å²) < 4.78 is 0. The molecule has 0 unspecified atom stereocenters. The molecule has 2 rings (SSSR count). The Bertz CT molecular complexity index is 730. The topological polar surface area (TPSA) is 41.5 Å². The first-order valence-corrected chi connectivity index (χ1v) is 9.56. The Labute approximate surface area is 154 Å². The molecule has 0 fully saturated rings. The normalized spacial score (nSPS) is 11.7. The van der Waals surface area contributed by atoms with E-state index in [1.807, 2.05) is 24.3 Å². The molecular weight excluding hydrogens is 328 g/mol. The van der Waals surface area contributed by atoms with Crippen molar-refractivity contribution in [2.24, 2.45) is 5.10 Å². The number of nitrogens with zero attached hydrogens (tertiary/aromatic N) is 1. The number of hydrogen-bond acceptors (Lipinski definition) is 3. The second-order valence-electron chi connectivity index (χ2n) is 7.08. The molecule has 3 nitrogen and oxygen atoms in total. The van der Waals surface area contributed by atoms with E-state index in [1.54, 1.807) is 18.0 Å². The van der Waals surface area contributed by atoms with Crippen LogP contribution >= 0.6 is 11.8 Å². The number of rotatable bonds is 6. The molecule has 25 heavy (non-hydrogen) atoms. The largest absolute Gasteiger partial charge is 0.272 e. The number of benzene rings is 2. The van der Waals surface area contributed by atoms with Crippen molar-refractivity contribution in [3.63, 3.8) is 0 Å². The smallest absolute Gasteiger partial charge is 0.250 e. The molecule has 0 aromatic heterocycles. The van der Waals surface area contributed by atoms with Crippen molar-refractivity contribution in [2.45, 2.75) is 38.9 Å². The number of carbonyl (C=O) groups is 1. The van der Waals surface area contributed by atoms with Crippen LogP contribution in [-0.4, -0.2) is 17.9 Å². The van der Waals surface area contributed by atoms with Crippen LogP contribution in [-0.2, 0) is 16.0 Å². The minimum atomic E-state index is -0.0823. The Hall–Kier alpha value is -2.07. The molecular formula is C21H26N2OS. The maximum absolute atomic E-state index is 11.8. The highest BCUT2D eigenvalue weighted by Crippen LogP contribution is 2.21. The molecule has 132 valence electrons. The summed E-state index contributed by atoms with van der Waals surface area (Å²) in [6.07, 6.45) is 1.68. The first-order valence-electron chi connectivity index (χ1n) is 8.41. The average molecular weight is 355 g/mol. The molecule has 0 spiro atoms. The predicted octanol–water partition coefficient (Wildman–Crippen LogP) is 4.68. The Morgan fingerprint density at radius 2 is 1.80 bits per heavy atom. The van der Waals surface area contributed by atoms with E-state index in [1.165, 1.54) is 16.7 Å². The first-order chi connectivity index (χ1) is 11.9. The quantitative estimate of drug-likeness (QED) is 0.605. The Morgan fingerprint density at radius 3 is 2.44 bits per heavy atom. The van der Waals surface area contributed by atoms with Gasteiger partial charge in [-0.3, -0.25) is 4.79 Å². The van der Waals surface area contributed by atoms with Gasteiger partial charge in [-0.2, -0.15) is 5.10 Å². The average Bonchev–Trinajstić information content (AvgIpc) is 2.56. The molecule has 0 aliphatic rings. The lowest BCUT2D eigenvalue weighted by Crippen LogP contribution is -2.19. The van der Waals surface area contributed by atoms with Crippen LogP contribution in [0.1, 0.15) is 43.0 Å². The third kappa shape index (κ3) is 6.39. The van der Waals surface area contributed by atoms with Gasteiger partial charge in [0, 0.05) is 5.75 Å². The Kier molecular flexibility index (Phi) is 6.82. The summed E-state index contributed by atoms with van der Waals surface area (Å²) in [6.45, 7) is 8.64. The van der Waals surface area contributed by atoms with E-state index in [-0.39, 0.29) is 11.3 Å². The van der Waals surface area contributed by atoms with Crippen LogP contribution in [0.3, 0.4) is 0 Å². The zero-order chi connectivity index (χ0) is 18.3. The number of nitrogens with one attached hydrogen (secondary N) is 1. The van der Waals surface area contributed by atoms with Crippen LogP contribution in [0.4, 0.5) is 0 Å². The van der Waals surface area contributed by atoms with Crippen molar-refractivity contribution in [3.05, 3.63) is 70.8 Å². The van der Waals surface area contributed by atoms with E-state index < -0.39 is 0 Å². The van der Waals surface area contributed by atoms with Crippen LogP contribution in [0.25, 0.3) is 0 Å². The number of hydrogen-bond donors (Lipinski definition) is 1. The zero-order valence-electron chi connectivity index (χ0n) is 15.4. The lowest BCUT2D eigenvalue weighted by atomic mass is 9.87. The van der Waals surface area contributed by atoms with E-state index in [0.717, 1.165) is 11.3 Å². The minimum Gasteiger partial charge on any atom is -0.272 e. The van der Waals surface area contributed by atoms with E-state index in [2.05, 4.69) is 62.5 Å². The zero-order valence-corrected chi connectivity index (χ0v) is 16.2. The Balaban J connectivity index is 1.76.